The Morgan fingerprint density at radius 3 is 2.88 bits per heavy atom. The summed E-state index contributed by atoms with van der Waals surface area (Å²) in [5.74, 6) is 2.62. The molecule has 0 spiro atoms. The fraction of sp³-hybridized carbons (Fsp3) is 0.389. The molecule has 2 aliphatic heterocycles. The maximum absolute atomic E-state index is 5.54. The molecule has 4 heterocycles. The van der Waals surface area contributed by atoms with Gasteiger partial charge < -0.3 is 14.4 Å². The summed E-state index contributed by atoms with van der Waals surface area (Å²) in [6, 6.07) is 13.0. The summed E-state index contributed by atoms with van der Waals surface area (Å²) in [7, 11) is 0. The summed E-state index contributed by atoms with van der Waals surface area (Å²) in [6.45, 7) is 0.904. The zero-order valence-electron chi connectivity index (χ0n) is 13.4. The summed E-state index contributed by atoms with van der Waals surface area (Å²) in [5.41, 5.74) is 1.77. The van der Waals surface area contributed by atoms with Crippen LogP contribution in [0.15, 0.2) is 40.9 Å². The fourth-order valence-corrected chi connectivity index (χ4v) is 3.84. The van der Waals surface area contributed by atoms with E-state index in [0.29, 0.717) is 12.1 Å². The Kier molecular flexibility index (Phi) is 3.23. The summed E-state index contributed by atoms with van der Waals surface area (Å²) in [6.07, 6.45) is 4.66. The minimum absolute atomic E-state index is 0.500. The predicted molar refractivity (Wildman–Crippen MR) is 89.2 cm³/mol. The first-order valence-corrected chi connectivity index (χ1v) is 8.57. The lowest BCUT2D eigenvalue weighted by molar-refractivity contribution is 0.315. The number of nitrogens with zero attached hydrogens (tertiary/aromatic N) is 4. The standard InChI is InChI=1S/C18H19N5O/c1-2-5-12(6-3-1)16-10-15(22-24-16)18-21-20-17-9-13-7-4-8-14(19-13)11-23(17)18/h1-3,5-6,10,13-14,19H,4,7-9,11H2. The second kappa shape index (κ2) is 5.56. The normalized spacial score (nSPS) is 22.8. The molecule has 6 nitrogen and oxygen atoms in total. The Bertz CT molecular complexity index is 853. The van der Waals surface area contributed by atoms with Crippen molar-refractivity contribution >= 4 is 0 Å². The second-order valence-electron chi connectivity index (χ2n) is 6.69. The SMILES string of the molecule is c1ccc(-c2cc(-c3nnc4n3CC3CCCC(C4)N3)no2)cc1. The van der Waals surface area contributed by atoms with Gasteiger partial charge in [0.1, 0.15) is 5.82 Å². The van der Waals surface area contributed by atoms with Gasteiger partial charge in [0, 0.05) is 36.7 Å². The molecule has 2 atom stereocenters. The first kappa shape index (κ1) is 13.9. The highest BCUT2D eigenvalue weighted by Crippen LogP contribution is 2.28. The van der Waals surface area contributed by atoms with Crippen molar-refractivity contribution in [3.05, 3.63) is 42.2 Å². The molecule has 2 bridgehead atoms. The van der Waals surface area contributed by atoms with Crippen LogP contribution < -0.4 is 5.32 Å². The molecule has 3 aromatic rings. The molecule has 1 saturated heterocycles. The number of piperidine rings is 1. The van der Waals surface area contributed by atoms with E-state index in [-0.39, 0.29) is 0 Å². The predicted octanol–water partition coefficient (Wildman–Crippen LogP) is 2.67. The lowest BCUT2D eigenvalue weighted by Crippen LogP contribution is -2.43. The van der Waals surface area contributed by atoms with E-state index in [2.05, 4.69) is 25.2 Å². The molecule has 1 fully saturated rings. The van der Waals surface area contributed by atoms with Crippen molar-refractivity contribution in [3.63, 3.8) is 0 Å². The van der Waals surface area contributed by atoms with Gasteiger partial charge in [-0.1, -0.05) is 41.9 Å². The highest BCUT2D eigenvalue weighted by molar-refractivity contribution is 5.63. The number of rotatable bonds is 2. The van der Waals surface area contributed by atoms with Gasteiger partial charge in [-0.2, -0.15) is 0 Å². The molecule has 2 unspecified atom stereocenters. The van der Waals surface area contributed by atoms with Crippen LogP contribution in [0.5, 0.6) is 0 Å². The number of aromatic nitrogens is 4. The number of hydrogen-bond donors (Lipinski definition) is 1. The first-order chi connectivity index (χ1) is 11.9. The van der Waals surface area contributed by atoms with E-state index in [1.807, 2.05) is 36.4 Å². The van der Waals surface area contributed by atoms with Gasteiger partial charge in [-0.15, -0.1) is 10.2 Å². The van der Waals surface area contributed by atoms with E-state index in [4.69, 9.17) is 4.52 Å². The molecular formula is C18H19N5O. The van der Waals surface area contributed by atoms with Crippen molar-refractivity contribution in [2.45, 2.75) is 44.3 Å². The minimum Gasteiger partial charge on any atom is -0.356 e. The monoisotopic (exact) mass is 321 g/mol. The van der Waals surface area contributed by atoms with Crippen LogP contribution in [0.2, 0.25) is 0 Å². The van der Waals surface area contributed by atoms with E-state index in [1.54, 1.807) is 0 Å². The number of nitrogens with one attached hydrogen (secondary N) is 1. The minimum atomic E-state index is 0.500. The number of benzene rings is 1. The van der Waals surface area contributed by atoms with Gasteiger partial charge in [0.25, 0.3) is 0 Å². The summed E-state index contributed by atoms with van der Waals surface area (Å²) in [5, 5.41) is 16.8. The average molecular weight is 321 g/mol. The van der Waals surface area contributed by atoms with Crippen LogP contribution in [0, 0.1) is 0 Å². The van der Waals surface area contributed by atoms with Crippen molar-refractivity contribution < 1.29 is 4.52 Å². The molecule has 2 aliphatic rings. The van der Waals surface area contributed by atoms with Crippen LogP contribution in [0.4, 0.5) is 0 Å². The molecule has 24 heavy (non-hydrogen) atoms. The maximum atomic E-state index is 5.54. The molecule has 0 saturated carbocycles. The third-order valence-electron chi connectivity index (χ3n) is 5.03. The van der Waals surface area contributed by atoms with Crippen LogP contribution in [-0.4, -0.2) is 32.0 Å². The summed E-state index contributed by atoms with van der Waals surface area (Å²) < 4.78 is 7.75. The molecule has 1 aromatic carbocycles. The fourth-order valence-electron chi connectivity index (χ4n) is 3.84. The van der Waals surface area contributed by atoms with Crippen molar-refractivity contribution in [2.24, 2.45) is 0 Å². The third kappa shape index (κ3) is 2.34. The molecular weight excluding hydrogens is 302 g/mol. The van der Waals surface area contributed by atoms with Crippen LogP contribution in [0.1, 0.15) is 25.1 Å². The molecule has 0 aliphatic carbocycles. The van der Waals surface area contributed by atoms with Crippen LogP contribution in [0.25, 0.3) is 22.8 Å². The first-order valence-electron chi connectivity index (χ1n) is 8.57. The summed E-state index contributed by atoms with van der Waals surface area (Å²) >= 11 is 0. The van der Waals surface area contributed by atoms with Gasteiger partial charge in [0.15, 0.2) is 17.3 Å². The molecule has 0 radical (unpaired) electrons. The van der Waals surface area contributed by atoms with Crippen molar-refractivity contribution in [2.75, 3.05) is 0 Å². The Labute approximate surface area is 139 Å². The number of hydrogen-bond acceptors (Lipinski definition) is 5. The zero-order chi connectivity index (χ0) is 15.9. The van der Waals surface area contributed by atoms with E-state index in [0.717, 1.165) is 41.6 Å². The van der Waals surface area contributed by atoms with Crippen LogP contribution in [0.3, 0.4) is 0 Å². The number of fused-ring (bicyclic) bond motifs is 3. The Morgan fingerprint density at radius 2 is 1.96 bits per heavy atom. The van der Waals surface area contributed by atoms with E-state index >= 15 is 0 Å². The lowest BCUT2D eigenvalue weighted by atomic mass is 9.98. The van der Waals surface area contributed by atoms with Crippen molar-refractivity contribution in [1.29, 1.82) is 0 Å². The van der Waals surface area contributed by atoms with Gasteiger partial charge in [-0.3, -0.25) is 0 Å². The van der Waals surface area contributed by atoms with E-state index in [9.17, 15) is 0 Å². The summed E-state index contributed by atoms with van der Waals surface area (Å²) in [4.78, 5) is 0. The van der Waals surface area contributed by atoms with Crippen LogP contribution >= 0.6 is 0 Å². The lowest BCUT2D eigenvalue weighted by Gasteiger charge is -2.27. The molecule has 6 heteroatoms. The maximum Gasteiger partial charge on any atom is 0.186 e. The van der Waals surface area contributed by atoms with Crippen molar-refractivity contribution in [3.8, 4) is 22.8 Å². The molecule has 2 aromatic heterocycles. The smallest absolute Gasteiger partial charge is 0.186 e. The van der Waals surface area contributed by atoms with Gasteiger partial charge in [0.05, 0.1) is 0 Å². The molecule has 0 amide bonds. The van der Waals surface area contributed by atoms with Crippen molar-refractivity contribution in [1.82, 2.24) is 25.2 Å². The zero-order valence-corrected chi connectivity index (χ0v) is 13.4. The van der Waals surface area contributed by atoms with Gasteiger partial charge >= 0.3 is 0 Å². The Balaban J connectivity index is 1.52. The Morgan fingerprint density at radius 1 is 1.08 bits per heavy atom. The van der Waals surface area contributed by atoms with Gasteiger partial charge in [-0.05, 0) is 12.8 Å². The highest BCUT2D eigenvalue weighted by atomic mass is 16.5. The second-order valence-corrected chi connectivity index (χ2v) is 6.69. The topological polar surface area (TPSA) is 68.8 Å². The average Bonchev–Trinajstić information content (AvgIpc) is 3.21. The quantitative estimate of drug-likeness (QED) is 0.786. The van der Waals surface area contributed by atoms with E-state index in [1.165, 1.54) is 19.3 Å². The van der Waals surface area contributed by atoms with E-state index < -0.39 is 0 Å². The van der Waals surface area contributed by atoms with Crippen LogP contribution in [-0.2, 0) is 13.0 Å². The van der Waals surface area contributed by atoms with Gasteiger partial charge in [0.2, 0.25) is 0 Å². The molecule has 5 rings (SSSR count). The highest BCUT2D eigenvalue weighted by Gasteiger charge is 2.30. The van der Waals surface area contributed by atoms with Gasteiger partial charge in [-0.25, -0.2) is 0 Å². The molecule has 122 valence electrons. The third-order valence-corrected chi connectivity index (χ3v) is 5.03. The largest absolute Gasteiger partial charge is 0.356 e. The Hall–Kier alpha value is -2.47. The molecule has 1 N–H and O–H groups in total.